The molecule has 0 heterocycles. The van der Waals surface area contributed by atoms with Crippen molar-refractivity contribution in [2.75, 3.05) is 46.4 Å². The monoisotopic (exact) mass is 476 g/mol. The van der Waals surface area contributed by atoms with Gasteiger partial charge in [0.05, 0.1) is 19.3 Å². The maximum absolute atomic E-state index is 12.6. The summed E-state index contributed by atoms with van der Waals surface area (Å²) in [5.41, 5.74) is 0. The van der Waals surface area contributed by atoms with Crippen molar-refractivity contribution in [2.24, 2.45) is 0 Å². The minimum atomic E-state index is -2.01. The predicted octanol–water partition coefficient (Wildman–Crippen LogP) is 2.51. The molecule has 178 valence electrons. The van der Waals surface area contributed by atoms with E-state index in [2.05, 4.69) is 78.1 Å². The summed E-state index contributed by atoms with van der Waals surface area (Å²) in [5, 5.41) is 6.80. The fourth-order valence-electron chi connectivity index (χ4n) is 4.26. The highest BCUT2D eigenvalue weighted by molar-refractivity contribution is 7.95. The van der Waals surface area contributed by atoms with Crippen LogP contribution in [0.25, 0.3) is 0 Å². The van der Waals surface area contributed by atoms with Gasteiger partial charge in [-0.1, -0.05) is 54.6 Å². The van der Waals surface area contributed by atoms with Gasteiger partial charge < -0.3 is 15.1 Å². The summed E-state index contributed by atoms with van der Waals surface area (Å²) < 4.78 is 0. The molecule has 0 saturated carbocycles. The van der Waals surface area contributed by atoms with Crippen LogP contribution in [0, 0.1) is 0 Å². The first kappa shape index (κ1) is 25.6. The van der Waals surface area contributed by atoms with E-state index in [0.717, 1.165) is 6.16 Å². The molecule has 0 bridgehead atoms. The molecule has 34 heavy (non-hydrogen) atoms. The normalized spacial score (nSPS) is 11.1. The number of benzene rings is 3. The van der Waals surface area contributed by atoms with Crippen LogP contribution in [-0.2, 0) is 9.59 Å². The quantitative estimate of drug-likeness (QED) is 0.433. The fraction of sp³-hybridized carbons (Fsp3) is 0.286. The molecular formula is C28H35N3O2P+. The number of nitrogens with zero attached hydrogens (tertiary/aromatic N) is 2. The van der Waals surface area contributed by atoms with Crippen LogP contribution in [0.15, 0.2) is 91.0 Å². The SMILES string of the molecule is CNCC(=O)N(C)CCN(CC[P+](c1ccccc1)(c1ccccc1)c1ccccc1)C(C)=O. The first-order valence-electron chi connectivity index (χ1n) is 11.7. The molecule has 0 aromatic heterocycles. The van der Waals surface area contributed by atoms with Gasteiger partial charge in [0.1, 0.15) is 23.2 Å². The largest absolute Gasteiger partial charge is 0.343 e. The van der Waals surface area contributed by atoms with Gasteiger partial charge in [-0.25, -0.2) is 0 Å². The van der Waals surface area contributed by atoms with E-state index in [1.807, 2.05) is 23.1 Å². The van der Waals surface area contributed by atoms with Gasteiger partial charge in [-0.3, -0.25) is 9.59 Å². The summed E-state index contributed by atoms with van der Waals surface area (Å²) in [6.07, 6.45) is 0.832. The molecule has 3 rings (SSSR count). The Morgan fingerprint density at radius 2 is 1.18 bits per heavy atom. The zero-order valence-electron chi connectivity index (χ0n) is 20.4. The second-order valence-corrected chi connectivity index (χ2v) is 12.0. The van der Waals surface area contributed by atoms with Crippen molar-refractivity contribution in [3.63, 3.8) is 0 Å². The number of hydrogen-bond donors (Lipinski definition) is 1. The molecular weight excluding hydrogens is 441 g/mol. The number of amides is 2. The van der Waals surface area contributed by atoms with Crippen LogP contribution in [0.2, 0.25) is 0 Å². The maximum Gasteiger partial charge on any atom is 0.236 e. The van der Waals surface area contributed by atoms with Crippen molar-refractivity contribution in [3.8, 4) is 0 Å². The number of nitrogens with one attached hydrogen (secondary N) is 1. The van der Waals surface area contributed by atoms with Crippen LogP contribution < -0.4 is 21.2 Å². The molecule has 0 atom stereocenters. The summed E-state index contributed by atoms with van der Waals surface area (Å²) in [4.78, 5) is 28.3. The minimum Gasteiger partial charge on any atom is -0.343 e. The van der Waals surface area contributed by atoms with Gasteiger partial charge in [-0.05, 0) is 43.4 Å². The Labute approximate surface area is 204 Å². The number of likely N-dealkylation sites (N-methyl/N-ethyl adjacent to an activating group) is 2. The Kier molecular flexibility index (Phi) is 9.38. The topological polar surface area (TPSA) is 52.7 Å². The summed E-state index contributed by atoms with van der Waals surface area (Å²) >= 11 is 0. The van der Waals surface area contributed by atoms with Gasteiger partial charge in [0, 0.05) is 27.1 Å². The van der Waals surface area contributed by atoms with Crippen molar-refractivity contribution in [2.45, 2.75) is 6.92 Å². The van der Waals surface area contributed by atoms with Crippen LogP contribution in [-0.4, -0.2) is 68.1 Å². The summed E-state index contributed by atoms with van der Waals surface area (Å²) in [6, 6.07) is 32.0. The van der Waals surface area contributed by atoms with E-state index in [1.165, 1.54) is 15.9 Å². The third-order valence-corrected chi connectivity index (χ3v) is 10.6. The maximum atomic E-state index is 12.6. The summed E-state index contributed by atoms with van der Waals surface area (Å²) in [5.74, 6) is 0.0486. The third-order valence-electron chi connectivity index (χ3n) is 6.20. The molecule has 0 unspecified atom stereocenters. The average molecular weight is 477 g/mol. The first-order chi connectivity index (χ1) is 16.5. The van der Waals surface area contributed by atoms with E-state index < -0.39 is 7.26 Å². The van der Waals surface area contributed by atoms with Crippen LogP contribution in [0.5, 0.6) is 0 Å². The molecule has 0 saturated heterocycles. The van der Waals surface area contributed by atoms with Gasteiger partial charge in [0.2, 0.25) is 11.8 Å². The second-order valence-electron chi connectivity index (χ2n) is 8.39. The smallest absolute Gasteiger partial charge is 0.236 e. The van der Waals surface area contributed by atoms with Crippen LogP contribution >= 0.6 is 7.26 Å². The Morgan fingerprint density at radius 3 is 1.56 bits per heavy atom. The Balaban J connectivity index is 1.95. The standard InChI is InChI=1S/C28H35N3O2P/c1-24(32)31(20-19-30(3)28(33)23-29-2)21-22-34(25-13-7-4-8-14-25,26-15-9-5-10-16-26)27-17-11-6-12-18-27/h4-18,29H,19-23H2,1-3H3/q+1. The minimum absolute atomic E-state index is 0.0192. The number of rotatable bonds is 11. The van der Waals surface area contributed by atoms with Crippen LogP contribution in [0.1, 0.15) is 6.92 Å². The highest BCUT2D eigenvalue weighted by Gasteiger charge is 2.45. The van der Waals surface area contributed by atoms with Gasteiger partial charge in [-0.2, -0.15) is 0 Å². The molecule has 3 aromatic rings. The number of carbonyl (C=O) groups excluding carboxylic acids is 2. The van der Waals surface area contributed by atoms with E-state index in [0.29, 0.717) is 26.2 Å². The van der Waals surface area contributed by atoms with E-state index >= 15 is 0 Å². The predicted molar refractivity (Wildman–Crippen MR) is 144 cm³/mol. The highest BCUT2D eigenvalue weighted by Crippen LogP contribution is 2.55. The lowest BCUT2D eigenvalue weighted by molar-refractivity contribution is -0.132. The molecule has 0 aliphatic rings. The molecule has 0 aliphatic heterocycles. The average Bonchev–Trinajstić information content (AvgIpc) is 2.87. The van der Waals surface area contributed by atoms with Crippen LogP contribution in [0.3, 0.4) is 0 Å². The molecule has 3 aromatic carbocycles. The molecule has 0 aliphatic carbocycles. The van der Waals surface area contributed by atoms with Gasteiger partial charge in [0.25, 0.3) is 0 Å². The molecule has 0 spiro atoms. The lowest BCUT2D eigenvalue weighted by Crippen LogP contribution is -2.43. The second kappa shape index (κ2) is 12.5. The number of hydrogen-bond acceptors (Lipinski definition) is 3. The highest BCUT2D eigenvalue weighted by atomic mass is 31.2. The van der Waals surface area contributed by atoms with Gasteiger partial charge >= 0.3 is 0 Å². The summed E-state index contributed by atoms with van der Waals surface area (Å²) in [7, 11) is 1.53. The lowest BCUT2D eigenvalue weighted by atomic mass is 10.3. The molecule has 0 radical (unpaired) electrons. The van der Waals surface area contributed by atoms with E-state index in [-0.39, 0.29) is 11.8 Å². The number of carbonyl (C=O) groups is 2. The molecule has 0 fully saturated rings. The van der Waals surface area contributed by atoms with E-state index in [1.54, 1.807) is 25.9 Å². The first-order valence-corrected chi connectivity index (χ1v) is 13.7. The molecule has 1 N–H and O–H groups in total. The van der Waals surface area contributed by atoms with Crippen molar-refractivity contribution in [1.29, 1.82) is 0 Å². The van der Waals surface area contributed by atoms with Crippen molar-refractivity contribution in [1.82, 2.24) is 15.1 Å². The van der Waals surface area contributed by atoms with Gasteiger partial charge in [-0.15, -0.1) is 0 Å². The van der Waals surface area contributed by atoms with Crippen molar-refractivity contribution in [3.05, 3.63) is 91.0 Å². The van der Waals surface area contributed by atoms with Crippen molar-refractivity contribution < 1.29 is 9.59 Å². The fourth-order valence-corrected chi connectivity index (χ4v) is 8.51. The third kappa shape index (κ3) is 6.11. The Morgan fingerprint density at radius 1 is 0.735 bits per heavy atom. The lowest BCUT2D eigenvalue weighted by Gasteiger charge is -2.31. The summed E-state index contributed by atoms with van der Waals surface area (Å²) in [6.45, 7) is 3.55. The Hall–Kier alpha value is -3.01. The van der Waals surface area contributed by atoms with Crippen LogP contribution in [0.4, 0.5) is 0 Å². The molecule has 5 nitrogen and oxygen atoms in total. The Bertz CT molecular complexity index is 948. The zero-order valence-corrected chi connectivity index (χ0v) is 21.2. The van der Waals surface area contributed by atoms with E-state index in [9.17, 15) is 9.59 Å². The van der Waals surface area contributed by atoms with Crippen molar-refractivity contribution >= 4 is 35.0 Å². The molecule has 2 amide bonds. The molecule has 6 heteroatoms. The van der Waals surface area contributed by atoms with E-state index in [4.69, 9.17) is 0 Å². The van der Waals surface area contributed by atoms with Gasteiger partial charge in [0.15, 0.2) is 0 Å². The zero-order chi connectivity index (χ0) is 24.4.